The molecule has 0 saturated carbocycles. The third kappa shape index (κ3) is 8.70. The van der Waals surface area contributed by atoms with Gasteiger partial charge in [0.05, 0.1) is 80.2 Å². The predicted octanol–water partition coefficient (Wildman–Crippen LogP) is 5.22. The van der Waals surface area contributed by atoms with Crippen LogP contribution >= 0.6 is 0 Å². The number of quaternary nitrogens is 1. The standard InChI is InChI=1S/C27H26F3N7O2.C6H6O3S/c1-18-24(23-13-14-33-36(23)21-11-9-20(31-2)10-12-21)35(25(38)32-15-16-37(3,4)5)26(39)34(18)22-8-6-7-19(17-22)27(28,29)30;7-10(8,9)6-4-2-1-3-5-6/h6-14,17H,15-16H2,1,3-5H3;1-5H,(H,7,8,9). The Labute approximate surface area is 280 Å². The van der Waals surface area contributed by atoms with Crippen molar-refractivity contribution < 1.29 is 35.4 Å². The fraction of sp³-hybridized carbons (Fsp3) is 0.212. The number of hydrogen-bond donors (Lipinski definition) is 1. The van der Waals surface area contributed by atoms with Crippen LogP contribution in [0.5, 0.6) is 0 Å². The zero-order chi connectivity index (χ0) is 36.1. The summed E-state index contributed by atoms with van der Waals surface area (Å²) in [5, 5.41) is 7.10. The normalized spacial score (nSPS) is 11.7. The highest BCUT2D eigenvalue weighted by Crippen LogP contribution is 2.32. The Morgan fingerprint density at radius 2 is 1.63 bits per heavy atom. The average Bonchev–Trinajstić information content (AvgIpc) is 3.62. The van der Waals surface area contributed by atoms with Crippen LogP contribution in [0.3, 0.4) is 0 Å². The number of nitrogens with one attached hydrogen (secondary N) is 1. The lowest BCUT2D eigenvalue weighted by Gasteiger charge is -2.23. The molecule has 0 unspecified atom stereocenters. The van der Waals surface area contributed by atoms with Gasteiger partial charge < -0.3 is 14.4 Å². The molecule has 49 heavy (non-hydrogen) atoms. The molecule has 12 nitrogen and oxygen atoms in total. The van der Waals surface area contributed by atoms with Crippen LogP contribution in [-0.2, 0) is 16.3 Å². The Bertz CT molecular complexity index is 2160. The van der Waals surface area contributed by atoms with Gasteiger partial charge in [-0.3, -0.25) is 4.57 Å². The lowest BCUT2D eigenvalue weighted by atomic mass is 10.2. The van der Waals surface area contributed by atoms with E-state index in [-0.39, 0.29) is 28.5 Å². The number of aromatic nitrogens is 4. The molecule has 16 heteroatoms. The van der Waals surface area contributed by atoms with Gasteiger partial charge in [-0.2, -0.15) is 18.3 Å². The summed E-state index contributed by atoms with van der Waals surface area (Å²) < 4.78 is 75.3. The zero-order valence-corrected chi connectivity index (χ0v) is 27.7. The van der Waals surface area contributed by atoms with Crippen LogP contribution < -0.4 is 11.0 Å². The summed E-state index contributed by atoms with van der Waals surface area (Å²) >= 11 is 0. The van der Waals surface area contributed by atoms with Gasteiger partial charge in [0.1, 0.15) is 15.8 Å². The summed E-state index contributed by atoms with van der Waals surface area (Å²) in [6, 6.07) is 19.0. The van der Waals surface area contributed by atoms with Gasteiger partial charge in [0.15, 0.2) is 5.69 Å². The Kier molecular flexibility index (Phi) is 10.6. The van der Waals surface area contributed by atoms with E-state index in [2.05, 4.69) is 15.3 Å². The lowest BCUT2D eigenvalue weighted by Crippen LogP contribution is -2.44. The summed E-state index contributed by atoms with van der Waals surface area (Å²) in [5.41, 5.74) is 0.0173. The van der Waals surface area contributed by atoms with Gasteiger partial charge in [-0.1, -0.05) is 36.4 Å². The molecule has 0 saturated heterocycles. The fourth-order valence-corrected chi connectivity index (χ4v) is 5.23. The molecule has 2 heterocycles. The number of halogens is 3. The van der Waals surface area contributed by atoms with E-state index < -0.39 is 33.6 Å². The van der Waals surface area contributed by atoms with Gasteiger partial charge in [0, 0.05) is 0 Å². The molecule has 0 aliphatic rings. The Morgan fingerprint density at radius 1 is 0.980 bits per heavy atom. The molecule has 5 rings (SSSR count). The minimum absolute atomic E-state index is 0.0287. The van der Waals surface area contributed by atoms with E-state index in [1.165, 1.54) is 47.3 Å². The number of carbonyl (C=O) groups is 1. The van der Waals surface area contributed by atoms with Crippen LogP contribution in [0.2, 0.25) is 0 Å². The maximum absolute atomic E-state index is 13.7. The largest absolute Gasteiger partial charge is 0.744 e. The number of rotatable bonds is 7. The molecule has 5 aromatic rings. The number of carbonyl (C=O) groups excluding carboxylic acids is 1. The van der Waals surface area contributed by atoms with Gasteiger partial charge in [-0.15, -0.1) is 0 Å². The maximum Gasteiger partial charge on any atom is 0.416 e. The van der Waals surface area contributed by atoms with Crippen molar-refractivity contribution >= 4 is 21.8 Å². The van der Waals surface area contributed by atoms with Gasteiger partial charge in [0.25, 0.3) is 0 Å². The molecular formula is C33H32F3N7O5S. The first-order valence-electron chi connectivity index (χ1n) is 14.6. The molecule has 0 aliphatic carbocycles. The summed E-state index contributed by atoms with van der Waals surface area (Å²) in [5.74, 6) is 0. The Hall–Kier alpha value is -5.50. The third-order valence-electron chi connectivity index (χ3n) is 7.12. The highest BCUT2D eigenvalue weighted by molar-refractivity contribution is 7.85. The van der Waals surface area contributed by atoms with Crippen molar-refractivity contribution in [3.05, 3.63) is 124 Å². The fourth-order valence-electron chi connectivity index (χ4n) is 4.74. The van der Waals surface area contributed by atoms with Gasteiger partial charge in [0.2, 0.25) is 0 Å². The van der Waals surface area contributed by atoms with E-state index in [0.717, 1.165) is 21.3 Å². The van der Waals surface area contributed by atoms with Crippen molar-refractivity contribution in [1.29, 1.82) is 0 Å². The van der Waals surface area contributed by atoms with Crippen molar-refractivity contribution in [2.24, 2.45) is 0 Å². The highest BCUT2D eigenvalue weighted by Gasteiger charge is 2.32. The molecule has 0 atom stereocenters. The number of hydrogen-bond acceptors (Lipinski definition) is 6. The molecule has 0 radical (unpaired) electrons. The number of benzene rings is 3. The first kappa shape index (κ1) is 36.3. The second kappa shape index (κ2) is 14.3. The van der Waals surface area contributed by atoms with Gasteiger partial charge in [-0.05, 0) is 55.5 Å². The molecule has 1 N–H and O–H groups in total. The molecule has 256 valence electrons. The van der Waals surface area contributed by atoms with E-state index in [1.807, 2.05) is 21.1 Å². The summed E-state index contributed by atoms with van der Waals surface area (Å²) in [6.07, 6.45) is -3.12. The molecule has 3 aromatic carbocycles. The Morgan fingerprint density at radius 3 is 2.18 bits per heavy atom. The van der Waals surface area contributed by atoms with E-state index in [4.69, 9.17) is 6.57 Å². The van der Waals surface area contributed by atoms with E-state index in [9.17, 15) is 35.7 Å². The minimum atomic E-state index is -4.61. The Balaban J connectivity index is 0.000000463. The number of alkyl halides is 3. The third-order valence-corrected chi connectivity index (χ3v) is 7.97. The predicted molar refractivity (Wildman–Crippen MR) is 175 cm³/mol. The number of nitrogens with zero attached hydrogens (tertiary/aromatic N) is 6. The average molecular weight is 696 g/mol. The van der Waals surface area contributed by atoms with E-state index >= 15 is 0 Å². The van der Waals surface area contributed by atoms with Crippen molar-refractivity contribution in [2.45, 2.75) is 18.0 Å². The maximum atomic E-state index is 13.7. The molecule has 1 amide bonds. The number of imidazole rings is 1. The second-order valence-electron chi connectivity index (χ2n) is 11.7. The van der Waals surface area contributed by atoms with Crippen LogP contribution in [-0.4, -0.2) is 76.6 Å². The van der Waals surface area contributed by atoms with Crippen molar-refractivity contribution in [2.75, 3.05) is 34.2 Å². The van der Waals surface area contributed by atoms with Crippen molar-refractivity contribution in [3.8, 4) is 22.8 Å². The molecule has 0 bridgehead atoms. The summed E-state index contributed by atoms with van der Waals surface area (Å²) in [4.78, 5) is 30.3. The van der Waals surface area contributed by atoms with Crippen LogP contribution in [0.15, 0.2) is 101 Å². The van der Waals surface area contributed by atoms with E-state index in [1.54, 1.807) is 43.3 Å². The summed E-state index contributed by atoms with van der Waals surface area (Å²) in [7, 11) is 1.61. The van der Waals surface area contributed by atoms with Gasteiger partial charge >= 0.3 is 17.9 Å². The smallest absolute Gasteiger partial charge is 0.416 e. The number of likely N-dealkylation sites (N-methyl/N-ethyl adjacent to an activating group) is 1. The molecule has 0 spiro atoms. The van der Waals surface area contributed by atoms with Crippen LogP contribution in [0, 0.1) is 13.5 Å². The van der Waals surface area contributed by atoms with E-state index in [0.29, 0.717) is 28.1 Å². The van der Waals surface area contributed by atoms with Crippen LogP contribution in [0.25, 0.3) is 27.6 Å². The van der Waals surface area contributed by atoms with Crippen molar-refractivity contribution in [1.82, 2.24) is 24.2 Å². The number of amides is 1. The van der Waals surface area contributed by atoms with Crippen molar-refractivity contribution in [3.63, 3.8) is 0 Å². The second-order valence-corrected chi connectivity index (χ2v) is 13.1. The SMILES string of the molecule is O=S(=O)([O-])c1ccccc1.[C-]#[N+]c1ccc(-n2nccc2-c2c(C)n(-c3cccc(C(F)(F)F)c3)c(=O)n2C(=O)NCC[N+](C)(C)C)cc1. The van der Waals surface area contributed by atoms with Crippen LogP contribution in [0.4, 0.5) is 23.7 Å². The molecule has 2 aromatic heterocycles. The zero-order valence-electron chi connectivity index (χ0n) is 26.8. The minimum Gasteiger partial charge on any atom is -0.744 e. The first-order valence-corrected chi connectivity index (χ1v) is 16.0. The topological polar surface area (TPSA) is 135 Å². The summed E-state index contributed by atoms with van der Waals surface area (Å²) in [6.45, 7) is 9.57. The first-order chi connectivity index (χ1) is 22.9. The van der Waals surface area contributed by atoms with Gasteiger partial charge in [-0.25, -0.2) is 32.1 Å². The lowest BCUT2D eigenvalue weighted by molar-refractivity contribution is -0.869. The molecule has 0 aliphatic heterocycles. The quantitative estimate of drug-likeness (QED) is 0.141. The molecule has 0 fully saturated rings. The monoisotopic (exact) mass is 695 g/mol. The molecular weight excluding hydrogens is 663 g/mol. The van der Waals surface area contributed by atoms with Crippen LogP contribution in [0.1, 0.15) is 11.3 Å². The highest BCUT2D eigenvalue weighted by atomic mass is 32.2.